The van der Waals surface area contributed by atoms with Crippen LogP contribution in [-0.2, 0) is 17.7 Å². The largest absolute Gasteiger partial charge is 0.413 e. The Morgan fingerprint density at radius 1 is 0.311 bits per heavy atom. The Morgan fingerprint density at radius 3 is 0.708 bits per heavy atom. The highest BCUT2D eigenvalue weighted by atomic mass is 32.1. The van der Waals surface area contributed by atoms with Gasteiger partial charge in [0, 0.05) is 77.0 Å². The van der Waals surface area contributed by atoms with E-state index in [0.29, 0.717) is 10.1 Å². The Labute approximate surface area is 676 Å². The van der Waals surface area contributed by atoms with Crippen molar-refractivity contribution < 1.29 is 27.9 Å². The van der Waals surface area contributed by atoms with Gasteiger partial charge in [0.15, 0.2) is 33.3 Å². The zero-order valence-corrected chi connectivity index (χ0v) is 81.9. The van der Waals surface area contributed by atoms with Crippen LogP contribution < -0.4 is 0 Å². The van der Waals surface area contributed by atoms with Crippen LogP contribution in [0.4, 0.5) is 0 Å². The second kappa shape index (κ2) is 58.7. The van der Waals surface area contributed by atoms with Crippen LogP contribution in [0.15, 0.2) is 0 Å². The van der Waals surface area contributed by atoms with E-state index in [1.165, 1.54) is 205 Å². The van der Waals surface area contributed by atoms with Gasteiger partial charge in [0.1, 0.15) is 0 Å². The zero-order chi connectivity index (χ0) is 79.6. The molecule has 0 spiro atoms. The molecular weight excluding hydrogens is 1410 g/mol. The molecule has 4 atom stereocenters. The molecular formula is C90H192N4O6S2Si4. The van der Waals surface area contributed by atoms with Gasteiger partial charge in [0.25, 0.3) is 0 Å². The summed E-state index contributed by atoms with van der Waals surface area (Å²) in [5.74, 6) is 1.98. The van der Waals surface area contributed by atoms with Crippen molar-refractivity contribution in [2.24, 2.45) is 0 Å². The van der Waals surface area contributed by atoms with Crippen molar-refractivity contribution in [2.45, 2.75) is 477 Å². The minimum atomic E-state index is -2.01. The molecule has 0 amide bonds. The van der Waals surface area contributed by atoms with Crippen molar-refractivity contribution in [1.82, 2.24) is 19.6 Å². The SMILES string of the molecule is CCCCCCCCCCC(CN(CCCCC(O)=[SH]CCN1CCN(CC[SH]=C(O)CCCCN(CC(CCCCCCCCCC)O[Si](C)(C)C(C)(C)C)CC(CCCCCCCCCC)O[Si](C)(C)C(C)(C)C)CC1)CC(CCCCCCCCCC)O[Si](C)(C)C(C)(C)C)O[Si](C)(C)C(C)(C)C. The Hall–Kier alpha value is 0.908. The van der Waals surface area contributed by atoms with E-state index in [9.17, 15) is 10.2 Å². The molecule has 0 saturated carbocycles. The second-order valence-electron chi connectivity index (χ2n) is 39.8. The normalized spacial score (nSPS) is 16.3. The summed E-state index contributed by atoms with van der Waals surface area (Å²) in [5, 5.41) is 24.8. The minimum Gasteiger partial charge on any atom is -0.413 e. The molecule has 10 nitrogen and oxygen atoms in total. The van der Waals surface area contributed by atoms with Crippen molar-refractivity contribution >= 4 is 66.1 Å². The van der Waals surface area contributed by atoms with Gasteiger partial charge < -0.3 is 37.7 Å². The van der Waals surface area contributed by atoms with Crippen molar-refractivity contribution in [2.75, 3.05) is 90.0 Å². The highest BCUT2D eigenvalue weighted by Gasteiger charge is 2.43. The van der Waals surface area contributed by atoms with E-state index in [0.717, 1.165) is 177 Å². The lowest BCUT2D eigenvalue weighted by Gasteiger charge is -2.42. The average molecular weight is 1600 g/mol. The summed E-state index contributed by atoms with van der Waals surface area (Å²) < 4.78 is 29.8. The number of aliphatic hydroxyl groups is 2. The smallest absolute Gasteiger partial charge is 0.192 e. The van der Waals surface area contributed by atoms with E-state index in [4.69, 9.17) is 17.7 Å². The monoisotopic (exact) mass is 1600 g/mol. The molecule has 1 heterocycles. The lowest BCUT2D eigenvalue weighted by atomic mass is 10.0. The van der Waals surface area contributed by atoms with E-state index < -0.39 is 33.3 Å². The van der Waals surface area contributed by atoms with Crippen LogP contribution in [0.25, 0.3) is 0 Å². The first-order valence-electron chi connectivity index (χ1n) is 45.9. The van der Waals surface area contributed by atoms with Crippen molar-refractivity contribution in [1.29, 1.82) is 0 Å². The van der Waals surface area contributed by atoms with E-state index >= 15 is 0 Å². The molecule has 1 fully saturated rings. The molecule has 0 aromatic carbocycles. The molecule has 636 valence electrons. The maximum Gasteiger partial charge on any atom is 0.192 e. The summed E-state index contributed by atoms with van der Waals surface area (Å²) >= 11 is 2.19. The quantitative estimate of drug-likeness (QED) is 0.0204. The standard InChI is InChI=1S/C90H192N4O6S2Si4/c1-25-29-33-37-41-45-49-53-61-81(97-103(17,18)87(5,6)7)77-93(78-82(98-104(19,20)88(8,9)10)62-54-50-46-42-38-34-30-26-2)67-59-57-65-85(95)101-75-73-91-69-71-92(72-70-91)74-76-102-86(96)66-58-60-68-94(79-83(99-105(21,22)89(11,12)13)63-55-51-47-43-39-35-31-27-3)80-84(100-106(23,24)90(14,15)16)64-56-52-48-44-40-36-32-28-4/h81-84,95-96,101-102H,25-80H2,1-24H3. The summed E-state index contributed by atoms with van der Waals surface area (Å²) in [6.07, 6.45) is 54.0. The number of hydrogen-bond acceptors (Lipinski definition) is 8. The van der Waals surface area contributed by atoms with Gasteiger partial charge in [-0.25, -0.2) is 0 Å². The third-order valence-corrected chi connectivity index (χ3v) is 45.7. The number of aliphatic hydroxyl groups excluding tert-OH is 2. The van der Waals surface area contributed by atoms with Gasteiger partial charge in [-0.1, -0.05) is 316 Å². The third kappa shape index (κ3) is 51.1. The topological polar surface area (TPSA) is 90.3 Å². The Morgan fingerprint density at radius 2 is 0.509 bits per heavy atom. The number of hydrogen-bond donors (Lipinski definition) is 4. The Balaban J connectivity index is 3.13. The molecule has 0 aromatic heterocycles. The molecule has 4 unspecified atom stereocenters. The third-order valence-electron chi connectivity index (χ3n) is 25.6. The number of unbranched alkanes of at least 4 members (excludes halogenated alkanes) is 30. The van der Waals surface area contributed by atoms with E-state index in [-0.39, 0.29) is 44.6 Å². The number of thiol groups is 2. The van der Waals surface area contributed by atoms with E-state index in [1.54, 1.807) is 0 Å². The Bertz CT molecular complexity index is 1900. The van der Waals surface area contributed by atoms with Crippen molar-refractivity contribution in [3.63, 3.8) is 0 Å². The first kappa shape index (κ1) is 105. The van der Waals surface area contributed by atoms with Crippen LogP contribution in [0, 0.1) is 0 Å². The molecule has 0 aliphatic carbocycles. The van der Waals surface area contributed by atoms with Gasteiger partial charge in [-0.3, -0.25) is 9.80 Å². The lowest BCUT2D eigenvalue weighted by molar-refractivity contribution is 0.0676. The maximum absolute atomic E-state index is 11.4. The zero-order valence-electron chi connectivity index (χ0n) is 76.1. The van der Waals surface area contributed by atoms with Crippen LogP contribution in [-0.4, -0.2) is 188 Å². The fourth-order valence-corrected chi connectivity index (χ4v) is 21.5. The summed E-state index contributed by atoms with van der Waals surface area (Å²) in [7, 11) is -8.04. The number of nitrogens with zero attached hydrogens (tertiary/aromatic N) is 4. The van der Waals surface area contributed by atoms with Gasteiger partial charge in [-0.15, -0.1) is 0 Å². The van der Waals surface area contributed by atoms with E-state index in [2.05, 4.69) is 183 Å². The van der Waals surface area contributed by atoms with Gasteiger partial charge in [-0.2, -0.15) is 22.7 Å². The van der Waals surface area contributed by atoms with Crippen molar-refractivity contribution in [3.8, 4) is 0 Å². The van der Waals surface area contributed by atoms with Gasteiger partial charge in [0.2, 0.25) is 0 Å². The second-order valence-corrected chi connectivity index (χ2v) is 61.4. The maximum atomic E-state index is 11.4. The summed E-state index contributed by atoms with van der Waals surface area (Å²) in [6, 6.07) is 0. The molecule has 1 rings (SSSR count). The molecule has 0 bridgehead atoms. The molecule has 1 saturated heterocycles. The predicted molar refractivity (Wildman–Crippen MR) is 494 cm³/mol. The first-order valence-corrected chi connectivity index (χ1v) is 59.7. The fourth-order valence-electron chi connectivity index (χ4n) is 14.1. The number of piperazine rings is 1. The van der Waals surface area contributed by atoms with E-state index in [1.807, 2.05) is 0 Å². The first-order chi connectivity index (χ1) is 49.8. The molecule has 0 aromatic rings. The van der Waals surface area contributed by atoms with Gasteiger partial charge >= 0.3 is 0 Å². The summed E-state index contributed by atoms with van der Waals surface area (Å²) in [5.41, 5.74) is 0. The van der Waals surface area contributed by atoms with Crippen LogP contribution in [0.3, 0.4) is 0 Å². The molecule has 106 heavy (non-hydrogen) atoms. The predicted octanol–water partition coefficient (Wildman–Crippen LogP) is 27.5. The summed E-state index contributed by atoms with van der Waals surface area (Å²) in [4.78, 5) is 10.8. The van der Waals surface area contributed by atoms with Crippen LogP contribution >= 0.6 is 22.7 Å². The highest BCUT2D eigenvalue weighted by molar-refractivity contribution is 7.98. The minimum absolute atomic E-state index is 0.162. The lowest BCUT2D eigenvalue weighted by Crippen LogP contribution is -2.50. The fraction of sp³-hybridized carbons (Fsp3) is 0.978. The summed E-state index contributed by atoms with van der Waals surface area (Å²) in [6.45, 7) is 70.1. The van der Waals surface area contributed by atoms with Gasteiger partial charge in [0.05, 0.1) is 34.5 Å². The van der Waals surface area contributed by atoms with Gasteiger partial charge in [-0.05, 0) is 150 Å². The number of rotatable bonds is 68. The molecule has 0 radical (unpaired) electrons. The molecule has 1 aliphatic rings. The highest BCUT2D eigenvalue weighted by Crippen LogP contribution is 2.42. The Kier molecular flexibility index (Phi) is 58.1. The average Bonchev–Trinajstić information content (AvgIpc) is 0.837. The molecule has 1 aliphatic heterocycles. The molecule has 2 N–H and O–H groups in total. The van der Waals surface area contributed by atoms with Crippen LogP contribution in [0.1, 0.15) is 380 Å². The van der Waals surface area contributed by atoms with Crippen molar-refractivity contribution in [3.05, 3.63) is 0 Å². The van der Waals surface area contributed by atoms with Crippen LogP contribution in [0.2, 0.25) is 72.5 Å². The van der Waals surface area contributed by atoms with Crippen LogP contribution in [0.5, 0.6) is 0 Å². The molecule has 16 heteroatoms.